The Morgan fingerprint density at radius 3 is 2.56 bits per heavy atom. The topological polar surface area (TPSA) is 73.3 Å². The van der Waals surface area contributed by atoms with E-state index in [-0.39, 0.29) is 5.75 Å². The van der Waals surface area contributed by atoms with Crippen molar-refractivity contribution >= 4 is 22.5 Å². The van der Waals surface area contributed by atoms with Crippen LogP contribution in [-0.4, -0.2) is 45.1 Å². The van der Waals surface area contributed by atoms with Gasteiger partial charge in [-0.25, -0.2) is 9.97 Å². The average Bonchev–Trinajstić information content (AvgIpc) is 2.78. The Labute approximate surface area is 200 Å². The number of rotatable bonds is 5. The van der Waals surface area contributed by atoms with Crippen LogP contribution < -0.4 is 10.6 Å². The Hall–Kier alpha value is -3.48. The first-order chi connectivity index (χ1) is 16.4. The van der Waals surface area contributed by atoms with E-state index in [0.717, 1.165) is 47.4 Å². The molecule has 5 rings (SSSR count). The lowest BCUT2D eigenvalue weighted by molar-refractivity contribution is 0.166. The molecule has 0 bridgehead atoms. The van der Waals surface area contributed by atoms with Crippen molar-refractivity contribution in [1.29, 1.82) is 0 Å². The van der Waals surface area contributed by atoms with Crippen LogP contribution in [0.15, 0.2) is 66.9 Å². The molecule has 0 amide bonds. The van der Waals surface area contributed by atoms with Crippen LogP contribution in [0, 0.1) is 6.92 Å². The summed E-state index contributed by atoms with van der Waals surface area (Å²) in [5.74, 6) is 0.820. The average molecular weight is 454 g/mol. The second kappa shape index (κ2) is 9.41. The normalized spacial score (nSPS) is 18.8. The number of anilines is 2. The molecule has 3 aromatic carbocycles. The van der Waals surface area contributed by atoms with Crippen LogP contribution in [0.3, 0.4) is 0 Å². The van der Waals surface area contributed by atoms with E-state index in [2.05, 4.69) is 59.5 Å². The highest BCUT2D eigenvalue weighted by atomic mass is 16.3. The van der Waals surface area contributed by atoms with E-state index in [1.165, 1.54) is 11.1 Å². The number of phenols is 1. The summed E-state index contributed by atoms with van der Waals surface area (Å²) in [7, 11) is 0. The molecule has 1 fully saturated rings. The fourth-order valence-corrected chi connectivity index (χ4v) is 4.97. The second-order valence-corrected chi connectivity index (χ2v) is 9.48. The Bertz CT molecular complexity index is 1290. The maximum absolute atomic E-state index is 9.66. The van der Waals surface area contributed by atoms with Crippen molar-refractivity contribution in [2.45, 2.75) is 39.4 Å². The second-order valence-electron chi connectivity index (χ2n) is 9.48. The van der Waals surface area contributed by atoms with Crippen LogP contribution in [0.4, 0.5) is 11.6 Å². The minimum absolute atomic E-state index is 0.251. The lowest BCUT2D eigenvalue weighted by Crippen LogP contribution is -2.53. The third-order valence-electron chi connectivity index (χ3n) is 6.22. The van der Waals surface area contributed by atoms with Gasteiger partial charge in [0, 0.05) is 54.6 Å². The molecule has 34 heavy (non-hydrogen) atoms. The van der Waals surface area contributed by atoms with Gasteiger partial charge in [0.2, 0.25) is 5.95 Å². The molecular weight excluding hydrogens is 422 g/mol. The van der Waals surface area contributed by atoms with Gasteiger partial charge in [-0.3, -0.25) is 4.90 Å². The Morgan fingerprint density at radius 1 is 1.03 bits per heavy atom. The van der Waals surface area contributed by atoms with Gasteiger partial charge in [-0.1, -0.05) is 36.4 Å². The van der Waals surface area contributed by atoms with E-state index in [1.807, 2.05) is 36.5 Å². The number of aromatic hydroxyl groups is 1. The molecule has 1 aromatic heterocycles. The molecule has 0 aliphatic carbocycles. The number of nitrogens with zero attached hydrogens (tertiary/aromatic N) is 3. The van der Waals surface area contributed by atoms with Crippen molar-refractivity contribution in [3.05, 3.63) is 78.0 Å². The van der Waals surface area contributed by atoms with Gasteiger partial charge in [0.15, 0.2) is 0 Å². The number of fused-ring (bicyclic) bond motifs is 1. The molecule has 6 nitrogen and oxygen atoms in total. The fraction of sp³-hybridized carbons (Fsp3) is 0.286. The highest BCUT2D eigenvalue weighted by Gasteiger charge is 2.21. The van der Waals surface area contributed by atoms with E-state index in [0.29, 0.717) is 18.0 Å². The predicted octanol–water partition coefficient (Wildman–Crippen LogP) is 5.24. The summed E-state index contributed by atoms with van der Waals surface area (Å²) in [5, 5.41) is 17.7. The van der Waals surface area contributed by atoms with Gasteiger partial charge >= 0.3 is 0 Å². The number of aryl methyl sites for hydroxylation is 1. The lowest BCUT2D eigenvalue weighted by Gasteiger charge is -2.36. The van der Waals surface area contributed by atoms with Crippen LogP contribution >= 0.6 is 0 Å². The maximum Gasteiger partial charge on any atom is 0.227 e. The molecule has 4 aromatic rings. The summed E-state index contributed by atoms with van der Waals surface area (Å²) in [4.78, 5) is 11.9. The summed E-state index contributed by atoms with van der Waals surface area (Å²) in [6.45, 7) is 9.65. The third kappa shape index (κ3) is 5.03. The van der Waals surface area contributed by atoms with Crippen LogP contribution in [0.1, 0.15) is 25.0 Å². The molecule has 1 saturated heterocycles. The zero-order valence-corrected chi connectivity index (χ0v) is 19.9. The van der Waals surface area contributed by atoms with Crippen molar-refractivity contribution in [3.63, 3.8) is 0 Å². The van der Waals surface area contributed by atoms with Crippen molar-refractivity contribution in [3.8, 4) is 16.9 Å². The first-order valence-electron chi connectivity index (χ1n) is 11.8. The van der Waals surface area contributed by atoms with Gasteiger partial charge in [-0.2, -0.15) is 0 Å². The number of benzene rings is 3. The molecule has 6 heteroatoms. The molecule has 2 heterocycles. The third-order valence-corrected chi connectivity index (χ3v) is 6.22. The van der Waals surface area contributed by atoms with Gasteiger partial charge in [-0.05, 0) is 61.7 Å². The minimum atomic E-state index is 0.251. The molecule has 2 atom stereocenters. The lowest BCUT2D eigenvalue weighted by atomic mass is 10.0. The van der Waals surface area contributed by atoms with E-state index in [9.17, 15) is 5.11 Å². The number of piperazine rings is 1. The number of phenolic OH excluding ortho intramolecular Hbond substituents is 1. The van der Waals surface area contributed by atoms with E-state index in [1.54, 1.807) is 12.1 Å². The number of para-hydroxylation sites is 1. The molecule has 174 valence electrons. The zero-order valence-electron chi connectivity index (χ0n) is 19.9. The zero-order chi connectivity index (χ0) is 23.7. The summed E-state index contributed by atoms with van der Waals surface area (Å²) < 4.78 is 0. The van der Waals surface area contributed by atoms with Crippen molar-refractivity contribution in [1.82, 2.24) is 20.2 Å². The highest BCUT2D eigenvalue weighted by molar-refractivity contribution is 5.93. The van der Waals surface area contributed by atoms with E-state index < -0.39 is 0 Å². The first-order valence-corrected chi connectivity index (χ1v) is 11.8. The Balaban J connectivity index is 1.42. The molecule has 1 aliphatic rings. The largest absolute Gasteiger partial charge is 0.508 e. The highest BCUT2D eigenvalue weighted by Crippen LogP contribution is 2.29. The quantitative estimate of drug-likeness (QED) is 0.384. The maximum atomic E-state index is 9.66. The van der Waals surface area contributed by atoms with Gasteiger partial charge in [-0.15, -0.1) is 0 Å². The summed E-state index contributed by atoms with van der Waals surface area (Å²) >= 11 is 0. The van der Waals surface area contributed by atoms with Crippen LogP contribution in [-0.2, 0) is 6.54 Å². The number of hydrogen-bond donors (Lipinski definition) is 3. The fourth-order valence-electron chi connectivity index (χ4n) is 4.97. The van der Waals surface area contributed by atoms with Crippen LogP contribution in [0.2, 0.25) is 0 Å². The molecule has 0 spiro atoms. The summed E-state index contributed by atoms with van der Waals surface area (Å²) in [6, 6.07) is 20.9. The van der Waals surface area contributed by atoms with E-state index in [4.69, 9.17) is 4.98 Å². The van der Waals surface area contributed by atoms with Gasteiger partial charge in [0.1, 0.15) is 5.75 Å². The molecule has 0 saturated carbocycles. The summed E-state index contributed by atoms with van der Waals surface area (Å²) in [5.41, 5.74) is 6.38. The standard InChI is InChI=1S/C28H31N5O/c1-18-11-21(17-33-15-19(2)30-20(3)16-33)13-24(12-18)31-28-29-14-23-5-4-6-26(27(23)32-28)22-7-9-25(34)10-8-22/h4-14,19-20,30,34H,15-17H2,1-3H3,(H,29,31,32)/t19-,20+. The molecule has 0 radical (unpaired) electrons. The van der Waals surface area contributed by atoms with Crippen molar-refractivity contribution in [2.75, 3.05) is 18.4 Å². The first kappa shape index (κ1) is 22.3. The summed E-state index contributed by atoms with van der Waals surface area (Å²) in [6.07, 6.45) is 1.86. The number of hydrogen-bond acceptors (Lipinski definition) is 6. The predicted molar refractivity (Wildman–Crippen MR) is 138 cm³/mol. The van der Waals surface area contributed by atoms with Crippen molar-refractivity contribution < 1.29 is 5.11 Å². The number of nitrogens with one attached hydrogen (secondary N) is 2. The van der Waals surface area contributed by atoms with Gasteiger partial charge in [0.25, 0.3) is 0 Å². The SMILES string of the molecule is Cc1cc(CN2C[C@@H](C)N[C@@H](C)C2)cc(Nc2ncc3cccc(-c4ccc(O)cc4)c3n2)c1. The van der Waals surface area contributed by atoms with Gasteiger partial charge in [0.05, 0.1) is 5.52 Å². The van der Waals surface area contributed by atoms with Crippen LogP contribution in [0.25, 0.3) is 22.0 Å². The minimum Gasteiger partial charge on any atom is -0.508 e. The Kier molecular flexibility index (Phi) is 6.18. The monoisotopic (exact) mass is 453 g/mol. The van der Waals surface area contributed by atoms with E-state index >= 15 is 0 Å². The molecule has 1 aliphatic heterocycles. The van der Waals surface area contributed by atoms with Crippen molar-refractivity contribution in [2.24, 2.45) is 0 Å². The smallest absolute Gasteiger partial charge is 0.227 e. The number of aromatic nitrogens is 2. The molecule has 3 N–H and O–H groups in total. The Morgan fingerprint density at radius 2 is 1.79 bits per heavy atom. The molecule has 0 unspecified atom stereocenters. The van der Waals surface area contributed by atoms with Crippen LogP contribution in [0.5, 0.6) is 5.75 Å². The van der Waals surface area contributed by atoms with Gasteiger partial charge < -0.3 is 15.7 Å². The molecular formula is C28H31N5O.